The number of nitriles is 1. The van der Waals surface area contributed by atoms with Crippen LogP contribution in [0.3, 0.4) is 0 Å². The molecule has 0 aromatic heterocycles. The van der Waals surface area contributed by atoms with Crippen molar-refractivity contribution in [2.45, 2.75) is 19.8 Å². The SMILES string of the molecule is C=C(C)CSC1=C(C#N)[C@@H](c2ccc(C)cc2)[C@H](C(=O)OC)C(=O)N1. The highest BCUT2D eigenvalue weighted by Crippen LogP contribution is 2.40. The van der Waals surface area contributed by atoms with E-state index in [1.807, 2.05) is 38.1 Å². The monoisotopic (exact) mass is 356 g/mol. The number of aryl methyl sites for hydroxylation is 1. The van der Waals surface area contributed by atoms with Crippen molar-refractivity contribution in [3.05, 3.63) is 58.1 Å². The quantitative estimate of drug-likeness (QED) is 0.498. The summed E-state index contributed by atoms with van der Waals surface area (Å²) in [5.41, 5.74) is 3.08. The standard InChI is InChI=1S/C19H20N2O3S/c1-11(2)10-25-18-14(9-20)15(13-7-5-12(3)6-8-13)16(17(22)21-18)19(23)24-4/h5-8,15-16H,1,10H2,2-4H3,(H,21,22)/t15-,16+/m1/s1. The fourth-order valence-corrected chi connectivity index (χ4v) is 3.54. The van der Waals surface area contributed by atoms with Crippen molar-refractivity contribution in [3.8, 4) is 6.07 Å². The maximum atomic E-state index is 12.6. The molecule has 1 aliphatic rings. The molecular formula is C19H20N2O3S. The highest BCUT2D eigenvalue weighted by Gasteiger charge is 2.44. The number of benzene rings is 1. The van der Waals surface area contributed by atoms with Gasteiger partial charge in [-0.1, -0.05) is 42.0 Å². The number of carbonyl (C=O) groups excluding carboxylic acids is 2. The van der Waals surface area contributed by atoms with Gasteiger partial charge in [0.15, 0.2) is 0 Å². The molecule has 5 nitrogen and oxygen atoms in total. The molecule has 0 bridgehead atoms. The molecular weight excluding hydrogens is 336 g/mol. The topological polar surface area (TPSA) is 79.2 Å². The van der Waals surface area contributed by atoms with Gasteiger partial charge in [-0.05, 0) is 19.4 Å². The summed E-state index contributed by atoms with van der Waals surface area (Å²) >= 11 is 1.34. The predicted molar refractivity (Wildman–Crippen MR) is 97.5 cm³/mol. The molecule has 0 spiro atoms. The first-order valence-electron chi connectivity index (χ1n) is 7.75. The number of rotatable bonds is 5. The van der Waals surface area contributed by atoms with Crippen LogP contribution in [0.5, 0.6) is 0 Å². The summed E-state index contributed by atoms with van der Waals surface area (Å²) in [4.78, 5) is 24.8. The van der Waals surface area contributed by atoms with Crippen LogP contribution in [0.2, 0.25) is 0 Å². The second-order valence-electron chi connectivity index (χ2n) is 5.98. The number of nitrogens with one attached hydrogen (secondary N) is 1. The molecule has 0 radical (unpaired) electrons. The van der Waals surface area contributed by atoms with Gasteiger partial charge in [-0.2, -0.15) is 5.26 Å². The third-order valence-corrected chi connectivity index (χ3v) is 5.13. The maximum Gasteiger partial charge on any atom is 0.319 e. The van der Waals surface area contributed by atoms with Crippen LogP contribution in [0, 0.1) is 24.2 Å². The average molecular weight is 356 g/mol. The third-order valence-electron chi connectivity index (χ3n) is 3.88. The number of esters is 1. The fraction of sp³-hybridized carbons (Fsp3) is 0.316. The van der Waals surface area contributed by atoms with Crippen LogP contribution in [0.25, 0.3) is 0 Å². The van der Waals surface area contributed by atoms with Crippen molar-refractivity contribution >= 4 is 23.6 Å². The van der Waals surface area contributed by atoms with E-state index in [0.29, 0.717) is 16.4 Å². The van der Waals surface area contributed by atoms with Crippen molar-refractivity contribution in [2.75, 3.05) is 12.9 Å². The lowest BCUT2D eigenvalue weighted by Gasteiger charge is -2.31. The minimum absolute atomic E-state index is 0.366. The molecule has 1 aromatic rings. The van der Waals surface area contributed by atoms with Crippen molar-refractivity contribution in [3.63, 3.8) is 0 Å². The third kappa shape index (κ3) is 4.12. The molecule has 1 aliphatic heterocycles. The number of amides is 1. The minimum atomic E-state index is -1.09. The predicted octanol–water partition coefficient (Wildman–Crippen LogP) is 3.04. The number of hydrogen-bond donors (Lipinski definition) is 1. The van der Waals surface area contributed by atoms with Crippen LogP contribution in [-0.4, -0.2) is 24.7 Å². The summed E-state index contributed by atoms with van der Waals surface area (Å²) in [5, 5.41) is 12.9. The molecule has 6 heteroatoms. The molecule has 1 heterocycles. The average Bonchev–Trinajstić information content (AvgIpc) is 2.59. The first kappa shape index (κ1) is 18.8. The zero-order valence-corrected chi connectivity index (χ0v) is 15.3. The minimum Gasteiger partial charge on any atom is -0.468 e. The van der Waals surface area contributed by atoms with Crippen molar-refractivity contribution in [2.24, 2.45) is 5.92 Å². The molecule has 1 aromatic carbocycles. The Morgan fingerprint density at radius 2 is 2.04 bits per heavy atom. The molecule has 130 valence electrons. The summed E-state index contributed by atoms with van der Waals surface area (Å²) in [7, 11) is 1.24. The van der Waals surface area contributed by atoms with Crippen molar-refractivity contribution in [1.29, 1.82) is 5.26 Å². The number of carbonyl (C=O) groups is 2. The normalized spacial score (nSPS) is 19.8. The Labute approximate surface area is 151 Å². The van der Waals surface area contributed by atoms with Crippen LogP contribution < -0.4 is 5.32 Å². The second-order valence-corrected chi connectivity index (χ2v) is 6.96. The number of thioether (sulfide) groups is 1. The molecule has 0 aliphatic carbocycles. The Hall–Kier alpha value is -2.52. The van der Waals surface area contributed by atoms with E-state index in [1.54, 1.807) is 0 Å². The number of hydrogen-bond acceptors (Lipinski definition) is 5. The zero-order chi connectivity index (χ0) is 18.6. The van der Waals surface area contributed by atoms with Crippen LogP contribution >= 0.6 is 11.8 Å². The lowest BCUT2D eigenvalue weighted by molar-refractivity contribution is -0.150. The summed E-state index contributed by atoms with van der Waals surface area (Å²) in [6, 6.07) is 9.65. The van der Waals surface area contributed by atoms with Crippen LogP contribution in [0.4, 0.5) is 0 Å². The second kappa shape index (κ2) is 8.04. The Bertz CT molecular complexity index is 775. The summed E-state index contributed by atoms with van der Waals surface area (Å²) in [5.74, 6) is -2.29. The van der Waals surface area contributed by atoms with Gasteiger partial charge in [0, 0.05) is 11.7 Å². The summed E-state index contributed by atoms with van der Waals surface area (Å²) in [6.07, 6.45) is 0. The fourth-order valence-electron chi connectivity index (χ4n) is 2.65. The van der Waals surface area contributed by atoms with Gasteiger partial charge in [-0.3, -0.25) is 9.59 Å². The Kier molecular flexibility index (Phi) is 6.05. The van der Waals surface area contributed by atoms with Gasteiger partial charge < -0.3 is 10.1 Å². The lowest BCUT2D eigenvalue weighted by Crippen LogP contribution is -2.44. The molecule has 2 rings (SSSR count). The highest BCUT2D eigenvalue weighted by molar-refractivity contribution is 8.03. The first-order chi connectivity index (χ1) is 11.9. The van der Waals surface area contributed by atoms with Crippen LogP contribution in [-0.2, 0) is 14.3 Å². The van der Waals surface area contributed by atoms with Crippen molar-refractivity contribution < 1.29 is 14.3 Å². The van der Waals surface area contributed by atoms with Gasteiger partial charge in [0.25, 0.3) is 0 Å². The van der Waals surface area contributed by atoms with E-state index in [-0.39, 0.29) is 0 Å². The van der Waals surface area contributed by atoms with Crippen LogP contribution in [0.1, 0.15) is 24.0 Å². The van der Waals surface area contributed by atoms with E-state index in [9.17, 15) is 14.9 Å². The van der Waals surface area contributed by atoms with Gasteiger partial charge in [0.2, 0.25) is 5.91 Å². The smallest absolute Gasteiger partial charge is 0.319 e. The van der Waals surface area contributed by atoms with E-state index in [0.717, 1.165) is 16.7 Å². The molecule has 0 fully saturated rings. The number of nitrogens with zero attached hydrogens (tertiary/aromatic N) is 1. The van der Waals surface area contributed by atoms with Crippen molar-refractivity contribution in [1.82, 2.24) is 5.32 Å². The number of methoxy groups -OCH3 is 1. The molecule has 25 heavy (non-hydrogen) atoms. The molecule has 1 amide bonds. The van der Waals surface area contributed by atoms with E-state index in [1.165, 1.54) is 18.9 Å². The maximum absolute atomic E-state index is 12.6. The number of allylic oxidation sites excluding steroid dienone is 1. The summed E-state index contributed by atoms with van der Waals surface area (Å²) in [6.45, 7) is 7.66. The van der Waals surface area contributed by atoms with Gasteiger partial charge in [-0.15, -0.1) is 11.8 Å². The molecule has 2 atom stereocenters. The first-order valence-corrected chi connectivity index (χ1v) is 8.74. The Morgan fingerprint density at radius 1 is 1.40 bits per heavy atom. The largest absolute Gasteiger partial charge is 0.468 e. The molecule has 0 saturated heterocycles. The molecule has 0 saturated carbocycles. The summed E-state index contributed by atoms with van der Waals surface area (Å²) < 4.78 is 4.81. The Balaban J connectivity index is 2.57. The lowest BCUT2D eigenvalue weighted by atomic mass is 9.78. The van der Waals surface area contributed by atoms with E-state index < -0.39 is 23.7 Å². The number of ether oxygens (including phenoxy) is 1. The van der Waals surface area contributed by atoms with Gasteiger partial charge in [0.1, 0.15) is 5.92 Å². The Morgan fingerprint density at radius 3 is 2.56 bits per heavy atom. The van der Waals surface area contributed by atoms with Gasteiger partial charge in [0.05, 0.1) is 23.8 Å². The van der Waals surface area contributed by atoms with E-state index in [2.05, 4.69) is 18.0 Å². The highest BCUT2D eigenvalue weighted by atomic mass is 32.2. The molecule has 0 unspecified atom stereocenters. The molecule has 1 N–H and O–H groups in total. The van der Waals surface area contributed by atoms with E-state index >= 15 is 0 Å². The van der Waals surface area contributed by atoms with Gasteiger partial charge >= 0.3 is 5.97 Å². The van der Waals surface area contributed by atoms with E-state index in [4.69, 9.17) is 4.74 Å². The zero-order valence-electron chi connectivity index (χ0n) is 14.5. The van der Waals surface area contributed by atoms with Gasteiger partial charge in [-0.25, -0.2) is 0 Å². The van der Waals surface area contributed by atoms with Crippen LogP contribution in [0.15, 0.2) is 47.0 Å².